The van der Waals surface area contributed by atoms with Gasteiger partial charge in [0.25, 0.3) is 0 Å². The molecule has 0 unspecified atom stereocenters. The molecule has 2 rings (SSSR count). The summed E-state index contributed by atoms with van der Waals surface area (Å²) >= 11 is 0. The molecule has 0 aliphatic carbocycles. The summed E-state index contributed by atoms with van der Waals surface area (Å²) in [6.07, 6.45) is 3.13. The van der Waals surface area contributed by atoms with Gasteiger partial charge in [0.2, 0.25) is 0 Å². The largest absolute Gasteiger partial charge is 0.384 e. The van der Waals surface area contributed by atoms with E-state index in [1.165, 1.54) is 6.26 Å². The molecule has 4 heteroatoms. The molecule has 0 aliphatic heterocycles. The van der Waals surface area contributed by atoms with Gasteiger partial charge in [-0.25, -0.2) is 4.98 Å². The summed E-state index contributed by atoms with van der Waals surface area (Å²) in [7, 11) is 0. The number of hydrogen-bond acceptors (Lipinski definition) is 4. The number of aromatic nitrogens is 2. The van der Waals surface area contributed by atoms with Gasteiger partial charge >= 0.3 is 0 Å². The third-order valence-corrected chi connectivity index (χ3v) is 1.50. The summed E-state index contributed by atoms with van der Waals surface area (Å²) in [5.41, 5.74) is 7.11. The van der Waals surface area contributed by atoms with Crippen LogP contribution in [0.15, 0.2) is 35.2 Å². The van der Waals surface area contributed by atoms with Crippen LogP contribution < -0.4 is 5.73 Å². The fourth-order valence-electron chi connectivity index (χ4n) is 0.944. The van der Waals surface area contributed by atoms with Crippen molar-refractivity contribution in [1.82, 2.24) is 10.1 Å². The van der Waals surface area contributed by atoms with Crippen molar-refractivity contribution in [3.05, 3.63) is 30.7 Å². The van der Waals surface area contributed by atoms with E-state index in [1.54, 1.807) is 12.3 Å². The summed E-state index contributed by atoms with van der Waals surface area (Å²) in [4.78, 5) is 4.09. The highest BCUT2D eigenvalue weighted by Gasteiger charge is 2.00. The normalized spacial score (nSPS) is 10.0. The third-order valence-electron chi connectivity index (χ3n) is 1.50. The fourth-order valence-corrected chi connectivity index (χ4v) is 0.944. The molecule has 0 aliphatic rings. The van der Waals surface area contributed by atoms with Crippen LogP contribution in [-0.4, -0.2) is 10.1 Å². The first-order valence-corrected chi connectivity index (χ1v) is 3.48. The second kappa shape index (κ2) is 2.65. The van der Waals surface area contributed by atoms with Crippen LogP contribution in [0.25, 0.3) is 11.3 Å². The second-order valence-corrected chi connectivity index (χ2v) is 2.36. The first kappa shape index (κ1) is 6.84. The lowest BCUT2D eigenvalue weighted by Gasteiger charge is -1.95. The monoisotopic (exact) mass is 161 g/mol. The Labute approximate surface area is 69.0 Å². The minimum absolute atomic E-state index is 0.494. The number of nitrogen functional groups attached to an aromatic ring is 1. The van der Waals surface area contributed by atoms with Crippen molar-refractivity contribution in [2.24, 2.45) is 0 Å². The van der Waals surface area contributed by atoms with Gasteiger partial charge in [0.05, 0.1) is 17.5 Å². The zero-order valence-corrected chi connectivity index (χ0v) is 6.27. The van der Waals surface area contributed by atoms with Gasteiger partial charge in [-0.05, 0) is 12.1 Å². The summed E-state index contributed by atoms with van der Waals surface area (Å²) in [5, 5.41) is 3.57. The molecule has 60 valence electrons. The van der Waals surface area contributed by atoms with Gasteiger partial charge in [-0.2, -0.15) is 0 Å². The minimum Gasteiger partial charge on any atom is -0.384 e. The van der Waals surface area contributed by atoms with Gasteiger partial charge in [0.1, 0.15) is 12.1 Å². The molecule has 0 amide bonds. The van der Waals surface area contributed by atoms with E-state index in [9.17, 15) is 0 Å². The van der Waals surface area contributed by atoms with Crippen molar-refractivity contribution >= 4 is 5.82 Å². The molecule has 2 aromatic heterocycles. The predicted molar refractivity (Wildman–Crippen MR) is 44.1 cm³/mol. The Morgan fingerprint density at radius 2 is 2.25 bits per heavy atom. The van der Waals surface area contributed by atoms with Gasteiger partial charge in [0.15, 0.2) is 0 Å². The average molecular weight is 161 g/mol. The Morgan fingerprint density at radius 3 is 2.92 bits per heavy atom. The molecule has 2 aromatic rings. The van der Waals surface area contributed by atoms with E-state index in [1.807, 2.05) is 12.1 Å². The van der Waals surface area contributed by atoms with E-state index >= 15 is 0 Å². The zero-order chi connectivity index (χ0) is 8.39. The molecule has 0 saturated carbocycles. The highest BCUT2D eigenvalue weighted by Crippen LogP contribution is 2.16. The Balaban J connectivity index is 2.48. The van der Waals surface area contributed by atoms with Crippen molar-refractivity contribution in [3.8, 4) is 11.3 Å². The smallest absolute Gasteiger partial charge is 0.133 e. The quantitative estimate of drug-likeness (QED) is 0.685. The number of nitrogens with zero attached hydrogens (tertiary/aromatic N) is 2. The molecular weight excluding hydrogens is 154 g/mol. The topological polar surface area (TPSA) is 64.9 Å². The molecule has 2 heterocycles. The van der Waals surface area contributed by atoms with Gasteiger partial charge in [-0.1, -0.05) is 11.2 Å². The Hall–Kier alpha value is -1.84. The van der Waals surface area contributed by atoms with E-state index in [4.69, 9.17) is 5.73 Å². The molecule has 2 N–H and O–H groups in total. The standard InChI is InChI=1S/C8H7N3O/c9-8-3-1-2-7(11-8)6-4-10-12-5-6/h1-5H,(H2,9,11). The van der Waals surface area contributed by atoms with E-state index in [0.29, 0.717) is 5.82 Å². The number of nitrogens with two attached hydrogens (primary N) is 1. The van der Waals surface area contributed by atoms with Crippen LogP contribution in [0.3, 0.4) is 0 Å². The predicted octanol–water partition coefficient (Wildman–Crippen LogP) is 1.32. The molecule has 0 bridgehead atoms. The third kappa shape index (κ3) is 1.14. The fraction of sp³-hybridized carbons (Fsp3) is 0. The molecule has 0 radical (unpaired) electrons. The van der Waals surface area contributed by atoms with E-state index in [0.717, 1.165) is 11.3 Å². The van der Waals surface area contributed by atoms with E-state index in [2.05, 4.69) is 14.7 Å². The maximum absolute atomic E-state index is 5.50. The Kier molecular flexibility index (Phi) is 1.51. The van der Waals surface area contributed by atoms with Crippen molar-refractivity contribution < 1.29 is 4.52 Å². The molecule has 12 heavy (non-hydrogen) atoms. The summed E-state index contributed by atoms with van der Waals surface area (Å²) in [6, 6.07) is 5.42. The molecule has 0 aromatic carbocycles. The Morgan fingerprint density at radius 1 is 1.33 bits per heavy atom. The van der Waals surface area contributed by atoms with Crippen LogP contribution in [0.2, 0.25) is 0 Å². The van der Waals surface area contributed by atoms with E-state index in [-0.39, 0.29) is 0 Å². The maximum Gasteiger partial charge on any atom is 0.133 e. The molecule has 0 spiro atoms. The van der Waals surface area contributed by atoms with Crippen molar-refractivity contribution in [2.75, 3.05) is 5.73 Å². The van der Waals surface area contributed by atoms with Crippen LogP contribution >= 0.6 is 0 Å². The second-order valence-electron chi connectivity index (χ2n) is 2.36. The van der Waals surface area contributed by atoms with Gasteiger partial charge in [0, 0.05) is 0 Å². The molecule has 4 nitrogen and oxygen atoms in total. The molecular formula is C8H7N3O. The highest BCUT2D eigenvalue weighted by atomic mass is 16.5. The first-order chi connectivity index (χ1) is 5.86. The average Bonchev–Trinajstić information content (AvgIpc) is 2.56. The summed E-state index contributed by atoms with van der Waals surface area (Å²) in [6.45, 7) is 0. The van der Waals surface area contributed by atoms with Gasteiger partial charge < -0.3 is 10.3 Å². The Bertz CT molecular complexity index is 370. The molecule has 0 fully saturated rings. The summed E-state index contributed by atoms with van der Waals surface area (Å²) < 4.78 is 4.68. The molecule has 0 atom stereocenters. The van der Waals surface area contributed by atoms with Crippen LogP contribution in [0.1, 0.15) is 0 Å². The number of pyridine rings is 1. The minimum atomic E-state index is 0.494. The van der Waals surface area contributed by atoms with Crippen molar-refractivity contribution in [1.29, 1.82) is 0 Å². The van der Waals surface area contributed by atoms with Gasteiger partial charge in [-0.15, -0.1) is 0 Å². The van der Waals surface area contributed by atoms with Gasteiger partial charge in [-0.3, -0.25) is 0 Å². The molecule has 0 saturated heterocycles. The van der Waals surface area contributed by atoms with Crippen LogP contribution in [0, 0.1) is 0 Å². The van der Waals surface area contributed by atoms with Crippen LogP contribution in [0.4, 0.5) is 5.82 Å². The van der Waals surface area contributed by atoms with Crippen LogP contribution in [0.5, 0.6) is 0 Å². The lowest BCUT2D eigenvalue weighted by Crippen LogP contribution is -1.90. The summed E-state index contributed by atoms with van der Waals surface area (Å²) in [5.74, 6) is 0.494. The van der Waals surface area contributed by atoms with E-state index < -0.39 is 0 Å². The highest BCUT2D eigenvalue weighted by molar-refractivity contribution is 5.57. The first-order valence-electron chi connectivity index (χ1n) is 3.48. The lowest BCUT2D eigenvalue weighted by molar-refractivity contribution is 0.420. The lowest BCUT2D eigenvalue weighted by atomic mass is 10.2. The SMILES string of the molecule is Nc1cccc(-c2cnoc2)n1. The van der Waals surface area contributed by atoms with Crippen molar-refractivity contribution in [3.63, 3.8) is 0 Å². The number of anilines is 1. The van der Waals surface area contributed by atoms with Crippen LogP contribution in [-0.2, 0) is 0 Å². The number of rotatable bonds is 1. The van der Waals surface area contributed by atoms with Crippen molar-refractivity contribution in [2.45, 2.75) is 0 Å². The zero-order valence-electron chi connectivity index (χ0n) is 6.27. The maximum atomic E-state index is 5.50. The number of hydrogen-bond donors (Lipinski definition) is 1.